The van der Waals surface area contributed by atoms with E-state index in [4.69, 9.17) is 9.47 Å². The van der Waals surface area contributed by atoms with Crippen molar-refractivity contribution in [2.75, 3.05) is 53.6 Å². The third kappa shape index (κ3) is 3.01. The monoisotopic (exact) mass is 260 g/mol. The second-order valence-corrected chi connectivity index (χ2v) is 5.29. The van der Waals surface area contributed by atoms with Gasteiger partial charge in [-0.25, -0.2) is 0 Å². The van der Waals surface area contributed by atoms with Crippen molar-refractivity contribution in [3.8, 4) is 0 Å². The third-order valence-corrected chi connectivity index (χ3v) is 3.65. The smallest absolute Gasteiger partial charge is 0.109 e. The molecule has 2 heterocycles. The fraction of sp³-hybridized carbons (Fsp3) is 1.00. The molecule has 0 amide bonds. The summed E-state index contributed by atoms with van der Waals surface area (Å²) in [5, 5.41) is 19.6. The molecule has 2 fully saturated rings. The first kappa shape index (κ1) is 14.2. The maximum atomic E-state index is 10.3. The lowest BCUT2D eigenvalue weighted by molar-refractivity contribution is -0.0310. The predicted octanol–water partition coefficient (Wildman–Crippen LogP) is -1.63. The Kier molecular flexibility index (Phi) is 4.94. The summed E-state index contributed by atoms with van der Waals surface area (Å²) in [4.78, 5) is 4.27. The average molecular weight is 260 g/mol. The van der Waals surface area contributed by atoms with E-state index in [1.54, 1.807) is 0 Å². The van der Waals surface area contributed by atoms with Gasteiger partial charge in [0.25, 0.3) is 0 Å². The molecule has 2 rings (SSSR count). The Balaban J connectivity index is 2.05. The van der Waals surface area contributed by atoms with Gasteiger partial charge < -0.3 is 24.6 Å². The standard InChI is InChI=1S/C12H24N2O4/c1-13(2)7-9-11(12(16)10(8-15)18-9)14-3-5-17-6-4-14/h9-12,15-16H,3-8H2,1-2H3/t9-,10+,11+,12-/m1/s1. The van der Waals surface area contributed by atoms with E-state index < -0.39 is 12.2 Å². The second-order valence-electron chi connectivity index (χ2n) is 5.29. The molecule has 0 bridgehead atoms. The number of aliphatic hydroxyl groups is 2. The summed E-state index contributed by atoms with van der Waals surface area (Å²) in [6.07, 6.45) is -1.16. The Morgan fingerprint density at radius 3 is 2.44 bits per heavy atom. The largest absolute Gasteiger partial charge is 0.394 e. The van der Waals surface area contributed by atoms with Crippen LogP contribution < -0.4 is 0 Å². The van der Waals surface area contributed by atoms with Crippen molar-refractivity contribution in [1.29, 1.82) is 0 Å². The van der Waals surface area contributed by atoms with Gasteiger partial charge in [-0.05, 0) is 14.1 Å². The summed E-state index contributed by atoms with van der Waals surface area (Å²) in [7, 11) is 3.97. The van der Waals surface area contributed by atoms with E-state index in [1.165, 1.54) is 0 Å². The van der Waals surface area contributed by atoms with Crippen molar-refractivity contribution in [1.82, 2.24) is 9.80 Å². The van der Waals surface area contributed by atoms with Crippen LogP contribution in [0, 0.1) is 0 Å². The van der Waals surface area contributed by atoms with Crippen molar-refractivity contribution < 1.29 is 19.7 Å². The molecule has 0 aliphatic carbocycles. The van der Waals surface area contributed by atoms with Gasteiger partial charge in [-0.1, -0.05) is 0 Å². The van der Waals surface area contributed by atoms with E-state index in [2.05, 4.69) is 4.90 Å². The number of likely N-dealkylation sites (N-methyl/N-ethyl adjacent to an activating group) is 1. The summed E-state index contributed by atoms with van der Waals surface area (Å²) in [6, 6.07) is -0.0477. The summed E-state index contributed by atoms with van der Waals surface area (Å²) >= 11 is 0. The first-order chi connectivity index (χ1) is 8.63. The second kappa shape index (κ2) is 6.27. The lowest BCUT2D eigenvalue weighted by atomic mass is 10.0. The van der Waals surface area contributed by atoms with Gasteiger partial charge in [0.2, 0.25) is 0 Å². The Bertz CT molecular complexity index is 258. The van der Waals surface area contributed by atoms with Crippen molar-refractivity contribution >= 4 is 0 Å². The van der Waals surface area contributed by atoms with Gasteiger partial charge in [0.15, 0.2) is 0 Å². The lowest BCUT2D eigenvalue weighted by Crippen LogP contribution is -2.54. The molecule has 4 atom stereocenters. The molecule has 6 nitrogen and oxygen atoms in total. The summed E-state index contributed by atoms with van der Waals surface area (Å²) < 4.78 is 11.1. The molecule has 2 saturated heterocycles. The number of nitrogens with zero attached hydrogens (tertiary/aromatic N) is 2. The zero-order valence-corrected chi connectivity index (χ0v) is 11.2. The topological polar surface area (TPSA) is 65.4 Å². The van der Waals surface area contributed by atoms with Crippen molar-refractivity contribution in [3.63, 3.8) is 0 Å². The Hall–Kier alpha value is -0.240. The number of rotatable bonds is 4. The van der Waals surface area contributed by atoms with Crippen LogP contribution in [0.1, 0.15) is 0 Å². The molecule has 0 radical (unpaired) electrons. The molecule has 106 valence electrons. The fourth-order valence-electron chi connectivity index (χ4n) is 2.81. The zero-order valence-electron chi connectivity index (χ0n) is 11.2. The van der Waals surface area contributed by atoms with Crippen molar-refractivity contribution in [2.24, 2.45) is 0 Å². The van der Waals surface area contributed by atoms with Crippen LogP contribution in [0.25, 0.3) is 0 Å². The number of morpholine rings is 1. The minimum atomic E-state index is -0.627. The fourth-order valence-corrected chi connectivity index (χ4v) is 2.81. The molecule has 2 N–H and O–H groups in total. The van der Waals surface area contributed by atoms with E-state index >= 15 is 0 Å². The highest BCUT2D eigenvalue weighted by molar-refractivity contribution is 4.98. The molecular formula is C12H24N2O4. The van der Waals surface area contributed by atoms with E-state index in [9.17, 15) is 10.2 Å². The predicted molar refractivity (Wildman–Crippen MR) is 66.5 cm³/mol. The molecule has 0 aromatic heterocycles. The van der Waals surface area contributed by atoms with Gasteiger partial charge in [-0.15, -0.1) is 0 Å². The third-order valence-electron chi connectivity index (χ3n) is 3.65. The Morgan fingerprint density at radius 1 is 1.22 bits per heavy atom. The highest BCUT2D eigenvalue weighted by atomic mass is 16.5. The van der Waals surface area contributed by atoms with E-state index in [0.717, 1.165) is 19.6 Å². The molecule has 2 aliphatic rings. The van der Waals surface area contributed by atoms with Crippen LogP contribution in [-0.2, 0) is 9.47 Å². The quantitative estimate of drug-likeness (QED) is 0.633. The van der Waals surface area contributed by atoms with Crippen LogP contribution in [0.4, 0.5) is 0 Å². The van der Waals surface area contributed by atoms with E-state index in [-0.39, 0.29) is 18.8 Å². The minimum Gasteiger partial charge on any atom is -0.394 e. The molecule has 0 saturated carbocycles. The number of hydrogen-bond donors (Lipinski definition) is 2. The molecular weight excluding hydrogens is 236 g/mol. The van der Waals surface area contributed by atoms with Crippen LogP contribution in [0.3, 0.4) is 0 Å². The molecule has 6 heteroatoms. The maximum absolute atomic E-state index is 10.3. The summed E-state index contributed by atoms with van der Waals surface area (Å²) in [5.41, 5.74) is 0. The van der Waals surface area contributed by atoms with Gasteiger partial charge >= 0.3 is 0 Å². The first-order valence-electron chi connectivity index (χ1n) is 6.54. The highest BCUT2D eigenvalue weighted by Gasteiger charge is 2.46. The maximum Gasteiger partial charge on any atom is 0.109 e. The average Bonchev–Trinajstić information content (AvgIpc) is 2.66. The van der Waals surface area contributed by atoms with Gasteiger partial charge in [-0.2, -0.15) is 0 Å². The molecule has 18 heavy (non-hydrogen) atoms. The number of ether oxygens (including phenoxy) is 2. The highest BCUT2D eigenvalue weighted by Crippen LogP contribution is 2.26. The van der Waals surface area contributed by atoms with Crippen LogP contribution in [0.5, 0.6) is 0 Å². The summed E-state index contributed by atoms with van der Waals surface area (Å²) in [5.74, 6) is 0. The van der Waals surface area contributed by atoms with Gasteiger partial charge in [0.05, 0.1) is 32.0 Å². The van der Waals surface area contributed by atoms with E-state index in [1.807, 2.05) is 19.0 Å². The minimum absolute atomic E-state index is 0.0477. The van der Waals surface area contributed by atoms with Crippen LogP contribution >= 0.6 is 0 Å². The van der Waals surface area contributed by atoms with Crippen LogP contribution in [0.15, 0.2) is 0 Å². The molecule has 0 aromatic carbocycles. The molecule has 2 aliphatic heterocycles. The Morgan fingerprint density at radius 2 is 1.89 bits per heavy atom. The van der Waals surface area contributed by atoms with Gasteiger partial charge in [-0.3, -0.25) is 4.90 Å². The first-order valence-corrected chi connectivity index (χ1v) is 6.54. The molecule has 0 aromatic rings. The van der Waals surface area contributed by atoms with Crippen LogP contribution in [-0.4, -0.2) is 97.9 Å². The van der Waals surface area contributed by atoms with E-state index in [0.29, 0.717) is 13.2 Å². The van der Waals surface area contributed by atoms with Crippen LogP contribution in [0.2, 0.25) is 0 Å². The normalized spacial score (nSPS) is 38.5. The summed E-state index contributed by atoms with van der Waals surface area (Å²) in [6.45, 7) is 3.63. The number of aliphatic hydroxyl groups excluding tert-OH is 2. The van der Waals surface area contributed by atoms with Crippen molar-refractivity contribution in [2.45, 2.75) is 24.4 Å². The lowest BCUT2D eigenvalue weighted by Gasteiger charge is -2.36. The molecule has 0 spiro atoms. The van der Waals surface area contributed by atoms with Gasteiger partial charge in [0.1, 0.15) is 12.2 Å². The number of hydrogen-bond acceptors (Lipinski definition) is 6. The van der Waals surface area contributed by atoms with Crippen molar-refractivity contribution in [3.05, 3.63) is 0 Å². The molecule has 0 unspecified atom stereocenters. The Labute approximate surface area is 108 Å². The zero-order chi connectivity index (χ0) is 13.1. The SMILES string of the molecule is CN(C)C[C@H]1O[C@@H](CO)[C@@H](O)[C@H]1N1CCOCC1. The van der Waals surface area contributed by atoms with Gasteiger partial charge in [0, 0.05) is 19.6 Å².